The van der Waals surface area contributed by atoms with Crippen LogP contribution in [0.4, 0.5) is 0 Å². The molecule has 1 aromatic carbocycles. The van der Waals surface area contributed by atoms with Gasteiger partial charge in [0, 0.05) is 32.5 Å². The number of hydrogen-bond donors (Lipinski definition) is 0. The lowest BCUT2D eigenvalue weighted by Gasteiger charge is -2.29. The first-order chi connectivity index (χ1) is 8.30. The molecule has 0 aromatic heterocycles. The fraction of sp³-hybridized carbons (Fsp3) is 0.462. The molecule has 0 bridgehead atoms. The lowest BCUT2D eigenvalue weighted by molar-refractivity contribution is 0.190. The molecule has 1 spiro atoms. The normalized spacial score (nSPS) is 21.4. The van der Waals surface area contributed by atoms with Crippen molar-refractivity contribution >= 4 is 0 Å². The van der Waals surface area contributed by atoms with E-state index in [1.54, 1.807) is 0 Å². The third-order valence-corrected chi connectivity index (χ3v) is 3.53. The van der Waals surface area contributed by atoms with Crippen LogP contribution in [-0.4, -0.2) is 23.7 Å². The van der Waals surface area contributed by atoms with Crippen LogP contribution in [0.1, 0.15) is 24.0 Å². The molecule has 3 rings (SSSR count). The SMILES string of the molecule is N#Cc1ccc(CN2CCC3(CC2)N=N3)cc1. The Balaban J connectivity index is 1.57. The Morgan fingerprint density at radius 2 is 1.82 bits per heavy atom. The summed E-state index contributed by atoms with van der Waals surface area (Å²) in [6.07, 6.45) is 2.12. The minimum atomic E-state index is 0.0150. The van der Waals surface area contributed by atoms with E-state index in [4.69, 9.17) is 5.26 Å². The smallest absolute Gasteiger partial charge is 0.193 e. The molecule has 86 valence electrons. The number of nitrogens with zero attached hydrogens (tertiary/aromatic N) is 4. The Morgan fingerprint density at radius 3 is 2.35 bits per heavy atom. The second-order valence-electron chi connectivity index (χ2n) is 4.77. The van der Waals surface area contributed by atoms with Gasteiger partial charge in [-0.3, -0.25) is 4.90 Å². The summed E-state index contributed by atoms with van der Waals surface area (Å²) in [5.41, 5.74) is 2.01. The van der Waals surface area contributed by atoms with E-state index in [9.17, 15) is 0 Å². The highest BCUT2D eigenvalue weighted by Gasteiger charge is 2.42. The number of rotatable bonds is 2. The van der Waals surface area contributed by atoms with E-state index in [0.717, 1.165) is 38.0 Å². The molecule has 0 aliphatic carbocycles. The van der Waals surface area contributed by atoms with E-state index in [2.05, 4.69) is 21.2 Å². The fourth-order valence-corrected chi connectivity index (χ4v) is 2.28. The van der Waals surface area contributed by atoms with E-state index in [1.807, 2.05) is 24.3 Å². The number of hydrogen-bond acceptors (Lipinski definition) is 4. The van der Waals surface area contributed by atoms with Gasteiger partial charge in [0.15, 0.2) is 5.66 Å². The van der Waals surface area contributed by atoms with Crippen LogP contribution in [0.2, 0.25) is 0 Å². The van der Waals surface area contributed by atoms with Crippen LogP contribution in [0.25, 0.3) is 0 Å². The van der Waals surface area contributed by atoms with Crippen LogP contribution in [0.3, 0.4) is 0 Å². The summed E-state index contributed by atoms with van der Waals surface area (Å²) in [7, 11) is 0. The van der Waals surface area contributed by atoms with Gasteiger partial charge in [-0.1, -0.05) is 12.1 Å². The maximum Gasteiger partial charge on any atom is 0.193 e. The van der Waals surface area contributed by atoms with Gasteiger partial charge in [-0.05, 0) is 17.7 Å². The van der Waals surface area contributed by atoms with Crippen LogP contribution in [0, 0.1) is 11.3 Å². The highest BCUT2D eigenvalue weighted by molar-refractivity contribution is 5.31. The number of likely N-dealkylation sites (tertiary alicyclic amines) is 1. The Labute approximate surface area is 101 Å². The fourth-order valence-electron chi connectivity index (χ4n) is 2.28. The zero-order chi connectivity index (χ0) is 11.7. The summed E-state index contributed by atoms with van der Waals surface area (Å²) in [5.74, 6) is 0. The largest absolute Gasteiger partial charge is 0.299 e. The van der Waals surface area contributed by atoms with Crippen LogP contribution >= 0.6 is 0 Å². The average molecular weight is 226 g/mol. The van der Waals surface area contributed by atoms with Crippen LogP contribution in [0.15, 0.2) is 34.5 Å². The molecular formula is C13H14N4. The van der Waals surface area contributed by atoms with Gasteiger partial charge in [-0.25, -0.2) is 0 Å². The van der Waals surface area contributed by atoms with Gasteiger partial charge in [0.2, 0.25) is 0 Å². The molecular weight excluding hydrogens is 212 g/mol. The molecule has 0 atom stereocenters. The molecule has 2 heterocycles. The van der Waals surface area contributed by atoms with Crippen molar-refractivity contribution in [3.63, 3.8) is 0 Å². The molecule has 0 radical (unpaired) electrons. The van der Waals surface area contributed by atoms with Crippen molar-refractivity contribution in [3.8, 4) is 6.07 Å². The van der Waals surface area contributed by atoms with E-state index in [-0.39, 0.29) is 5.66 Å². The predicted octanol–water partition coefficient (Wildman–Crippen LogP) is 2.32. The molecule has 4 heteroatoms. The third-order valence-electron chi connectivity index (χ3n) is 3.53. The lowest BCUT2D eigenvalue weighted by atomic mass is 10.0. The summed E-state index contributed by atoms with van der Waals surface area (Å²) in [4.78, 5) is 2.43. The highest BCUT2D eigenvalue weighted by atomic mass is 15.4. The number of piperidine rings is 1. The first-order valence-corrected chi connectivity index (χ1v) is 5.95. The number of benzene rings is 1. The molecule has 2 aliphatic heterocycles. The van der Waals surface area contributed by atoms with Crippen LogP contribution in [-0.2, 0) is 6.54 Å². The van der Waals surface area contributed by atoms with Crippen molar-refractivity contribution in [2.24, 2.45) is 10.2 Å². The summed E-state index contributed by atoms with van der Waals surface area (Å²) in [5, 5.41) is 17.0. The molecule has 0 unspecified atom stereocenters. The minimum absolute atomic E-state index is 0.0150. The standard InChI is InChI=1S/C13H14N4/c14-9-11-1-3-12(4-2-11)10-17-7-5-13(6-8-17)15-16-13/h1-4H,5-8,10H2. The van der Waals surface area contributed by atoms with E-state index in [1.165, 1.54) is 5.56 Å². The monoisotopic (exact) mass is 226 g/mol. The second-order valence-corrected chi connectivity index (χ2v) is 4.77. The molecule has 17 heavy (non-hydrogen) atoms. The summed E-state index contributed by atoms with van der Waals surface area (Å²) < 4.78 is 0. The van der Waals surface area contributed by atoms with E-state index < -0.39 is 0 Å². The average Bonchev–Trinajstić information content (AvgIpc) is 3.13. The molecule has 0 N–H and O–H groups in total. The minimum Gasteiger partial charge on any atom is -0.299 e. The maximum atomic E-state index is 8.73. The molecule has 1 saturated heterocycles. The van der Waals surface area contributed by atoms with Crippen LogP contribution < -0.4 is 0 Å². The lowest BCUT2D eigenvalue weighted by Crippen LogP contribution is -2.37. The van der Waals surface area contributed by atoms with Crippen molar-refractivity contribution in [2.75, 3.05) is 13.1 Å². The van der Waals surface area contributed by atoms with Crippen molar-refractivity contribution in [3.05, 3.63) is 35.4 Å². The van der Waals surface area contributed by atoms with Gasteiger partial charge in [0.25, 0.3) is 0 Å². The van der Waals surface area contributed by atoms with Gasteiger partial charge in [0.1, 0.15) is 0 Å². The van der Waals surface area contributed by atoms with Gasteiger partial charge in [-0.15, -0.1) is 0 Å². The second kappa shape index (κ2) is 3.94. The Morgan fingerprint density at radius 1 is 1.18 bits per heavy atom. The first kappa shape index (κ1) is 10.4. The molecule has 2 aliphatic rings. The summed E-state index contributed by atoms with van der Waals surface area (Å²) in [6.45, 7) is 3.09. The Hall–Kier alpha value is -1.73. The first-order valence-electron chi connectivity index (χ1n) is 5.95. The van der Waals surface area contributed by atoms with E-state index in [0.29, 0.717) is 0 Å². The summed E-state index contributed by atoms with van der Waals surface area (Å²) in [6, 6.07) is 9.97. The quantitative estimate of drug-likeness (QED) is 0.777. The van der Waals surface area contributed by atoms with Gasteiger partial charge < -0.3 is 0 Å². The van der Waals surface area contributed by atoms with Crippen molar-refractivity contribution in [2.45, 2.75) is 25.0 Å². The summed E-state index contributed by atoms with van der Waals surface area (Å²) >= 11 is 0. The molecule has 4 nitrogen and oxygen atoms in total. The molecule has 0 saturated carbocycles. The van der Waals surface area contributed by atoms with Gasteiger partial charge >= 0.3 is 0 Å². The zero-order valence-corrected chi connectivity index (χ0v) is 9.63. The molecule has 0 amide bonds. The molecule has 1 aromatic rings. The van der Waals surface area contributed by atoms with E-state index >= 15 is 0 Å². The Kier molecular flexibility index (Phi) is 2.41. The van der Waals surface area contributed by atoms with Crippen LogP contribution in [0.5, 0.6) is 0 Å². The zero-order valence-electron chi connectivity index (χ0n) is 9.63. The maximum absolute atomic E-state index is 8.73. The van der Waals surface area contributed by atoms with Crippen molar-refractivity contribution in [1.82, 2.24) is 4.90 Å². The predicted molar refractivity (Wildman–Crippen MR) is 63.3 cm³/mol. The highest BCUT2D eigenvalue weighted by Crippen LogP contribution is 2.38. The van der Waals surface area contributed by atoms with Crippen molar-refractivity contribution < 1.29 is 0 Å². The Bertz CT molecular complexity index is 467. The topological polar surface area (TPSA) is 51.8 Å². The van der Waals surface area contributed by atoms with Gasteiger partial charge in [0.05, 0.1) is 11.6 Å². The third kappa shape index (κ3) is 2.20. The van der Waals surface area contributed by atoms with Crippen molar-refractivity contribution in [1.29, 1.82) is 5.26 Å². The number of nitriles is 1. The molecule has 1 fully saturated rings. The van der Waals surface area contributed by atoms with Gasteiger partial charge in [-0.2, -0.15) is 15.5 Å².